The maximum Gasteiger partial charge on any atom is 1.00 e. The molecule has 0 heterocycles. The summed E-state index contributed by atoms with van der Waals surface area (Å²) in [5.41, 5.74) is 4.00. The van der Waals surface area contributed by atoms with E-state index in [0.717, 1.165) is 0 Å². The first-order valence-electron chi connectivity index (χ1n) is 6.05. The Kier molecular flexibility index (Phi) is 111. The molecule has 0 aromatic rings. The van der Waals surface area contributed by atoms with Crippen LogP contribution in [0.15, 0.2) is 0 Å². The fourth-order valence-corrected chi connectivity index (χ4v) is 1.26. The third-order valence-corrected chi connectivity index (χ3v) is 1.26. The molecule has 0 saturated heterocycles. The predicted octanol–water partition coefficient (Wildman–Crippen LogP) is -1.79. The zero-order valence-corrected chi connectivity index (χ0v) is 15.6. The molecule has 0 spiro atoms. The van der Waals surface area contributed by atoms with E-state index in [-0.39, 0.29) is 67.1 Å². The van der Waals surface area contributed by atoms with Crippen LogP contribution in [-0.4, -0.2) is 40.6 Å². The van der Waals surface area contributed by atoms with Crippen LogP contribution < -0.4 is 48.7 Å². The molecule has 0 atom stereocenters. The first-order valence-corrected chi connectivity index (χ1v) is 6.05. The van der Waals surface area contributed by atoms with Crippen molar-refractivity contribution in [3.8, 4) is 0 Å². The second kappa shape index (κ2) is 43.2. The number of rotatable bonds is 4. The van der Waals surface area contributed by atoms with Crippen molar-refractivity contribution in [2.75, 3.05) is 0 Å². The van der Waals surface area contributed by atoms with Crippen LogP contribution in [0.3, 0.4) is 0 Å². The first kappa shape index (κ1) is 56.7. The van der Waals surface area contributed by atoms with Crippen LogP contribution in [0, 0.1) is 0 Å². The minimum atomic E-state index is 0. The molecule has 4 nitrogen and oxygen atoms in total. The molecule has 0 aliphatic carbocycles. The Morgan fingerprint density at radius 3 is 0.909 bits per heavy atom. The van der Waals surface area contributed by atoms with Gasteiger partial charge in [-0.25, -0.2) is 0 Å². The summed E-state index contributed by atoms with van der Waals surface area (Å²) in [6.45, 7) is 17.0. The summed E-state index contributed by atoms with van der Waals surface area (Å²) >= 11 is 0. The average molecular weight is 301 g/mol. The Labute approximate surface area is 170 Å². The molecule has 0 aromatic carbocycles. The van der Waals surface area contributed by atoms with E-state index in [1.807, 2.05) is 0 Å². The van der Waals surface area contributed by atoms with Gasteiger partial charge in [0.15, 0.2) is 7.98 Å². The number of nitrogens with one attached hydrogen (secondary N) is 1. The summed E-state index contributed by atoms with van der Waals surface area (Å²) in [4.78, 5) is 0. The van der Waals surface area contributed by atoms with Gasteiger partial charge in [-0.1, -0.05) is 70.2 Å². The van der Waals surface area contributed by atoms with Crippen molar-refractivity contribution in [1.82, 2.24) is 5.32 Å². The van der Waals surface area contributed by atoms with Crippen molar-refractivity contribution < 1.29 is 37.7 Å². The van der Waals surface area contributed by atoms with E-state index in [1.165, 1.54) is 0 Å². The molecular weight excluding hydrogens is 260 g/mol. The molecule has 0 aliphatic heterocycles. The van der Waals surface area contributed by atoms with Crippen molar-refractivity contribution in [2.45, 2.75) is 94.4 Å². The molecule has 0 fully saturated rings. The second-order valence-corrected chi connectivity index (χ2v) is 4.81. The van der Waals surface area contributed by atoms with Crippen LogP contribution in [-0.2, 0) is 0 Å². The van der Waals surface area contributed by atoms with Gasteiger partial charge in [0.25, 0.3) is 0 Å². The standard InChI is InChI=1S/C6H15N.C6H14N.2CH4.BH2N.B.2Li.H2N/c2*1-5(2)7-6(3)4;;;1-2;;;;/h5-7H,1-4H3;5-6H,1-4H3;2*1H4;2H2;;;;1H2/q;-1;;;;;2*+1;-1. The third-order valence-electron chi connectivity index (χ3n) is 1.26. The fraction of sp³-hybridized carbons (Fsp3) is 1.00. The summed E-state index contributed by atoms with van der Waals surface area (Å²) in [5, 5.41) is 7.58. The summed E-state index contributed by atoms with van der Waals surface area (Å²) < 4.78 is 0. The average Bonchev–Trinajstić information content (AvgIpc) is 2.03. The Morgan fingerprint density at radius 2 is 0.909 bits per heavy atom. The van der Waals surface area contributed by atoms with E-state index < -0.39 is 0 Å². The maximum atomic E-state index is 4.28. The summed E-state index contributed by atoms with van der Waals surface area (Å²) in [5.74, 6) is 0. The molecule has 5 radical (unpaired) electrons. The van der Waals surface area contributed by atoms with Crippen LogP contribution in [0.2, 0.25) is 0 Å². The fourth-order valence-electron chi connectivity index (χ4n) is 1.26. The molecule has 8 heteroatoms. The second-order valence-electron chi connectivity index (χ2n) is 4.81. The molecule has 0 saturated carbocycles. The van der Waals surface area contributed by atoms with Crippen molar-refractivity contribution >= 4 is 16.4 Å². The maximum absolute atomic E-state index is 4.28. The number of nitrogens with two attached hydrogens (primary N) is 2. The molecule has 0 unspecified atom stereocenters. The van der Waals surface area contributed by atoms with Crippen molar-refractivity contribution in [2.24, 2.45) is 5.64 Å². The van der Waals surface area contributed by atoms with Gasteiger partial charge in [-0.3, -0.25) is 0 Å². The summed E-state index contributed by atoms with van der Waals surface area (Å²) in [7, 11) is 4.00. The topological polar surface area (TPSA) is 85.7 Å². The van der Waals surface area contributed by atoms with Gasteiger partial charge in [0.1, 0.15) is 0 Å². The number of nitrogens with zero attached hydrogens (tertiary/aromatic N) is 1. The van der Waals surface area contributed by atoms with Crippen LogP contribution in [0.4, 0.5) is 0 Å². The van der Waals surface area contributed by atoms with E-state index in [0.29, 0.717) is 24.2 Å². The molecule has 0 rings (SSSR count). The zero-order valence-electron chi connectivity index (χ0n) is 15.6. The summed E-state index contributed by atoms with van der Waals surface area (Å²) in [6, 6.07) is 2.25. The van der Waals surface area contributed by atoms with Crippen LogP contribution in [0.5, 0.6) is 0 Å². The van der Waals surface area contributed by atoms with Crippen molar-refractivity contribution in [3.05, 3.63) is 11.5 Å². The van der Waals surface area contributed by atoms with Gasteiger partial charge in [0.2, 0.25) is 0 Å². The van der Waals surface area contributed by atoms with E-state index >= 15 is 0 Å². The number of hydrogen-bond donors (Lipinski definition) is 2. The molecule has 5 N–H and O–H groups in total. The Hall–Kier alpha value is 1.16. The predicted molar refractivity (Wildman–Crippen MR) is 101 cm³/mol. The van der Waals surface area contributed by atoms with Crippen LogP contribution >= 0.6 is 0 Å². The van der Waals surface area contributed by atoms with Crippen molar-refractivity contribution in [3.63, 3.8) is 0 Å². The minimum absolute atomic E-state index is 0. The van der Waals surface area contributed by atoms with Gasteiger partial charge in [0.05, 0.1) is 0 Å². The van der Waals surface area contributed by atoms with E-state index in [9.17, 15) is 0 Å². The molecule has 0 aliphatic rings. The van der Waals surface area contributed by atoms with E-state index in [1.54, 1.807) is 0 Å². The molecule has 0 bridgehead atoms. The largest absolute Gasteiger partial charge is 1.00 e. The molecule has 0 amide bonds. The molecular formula is C14H41B2Li2N4. The summed E-state index contributed by atoms with van der Waals surface area (Å²) in [6.07, 6.45) is 0. The van der Waals surface area contributed by atoms with Crippen LogP contribution in [0.1, 0.15) is 70.2 Å². The Bertz CT molecular complexity index is 105. The quantitative estimate of drug-likeness (QED) is 0.601. The van der Waals surface area contributed by atoms with Gasteiger partial charge in [0, 0.05) is 20.5 Å². The van der Waals surface area contributed by atoms with E-state index in [4.69, 9.17) is 0 Å². The third kappa shape index (κ3) is 102. The molecule has 22 heavy (non-hydrogen) atoms. The van der Waals surface area contributed by atoms with Crippen LogP contribution in [0.25, 0.3) is 11.5 Å². The van der Waals surface area contributed by atoms with Crippen molar-refractivity contribution in [1.29, 1.82) is 0 Å². The van der Waals surface area contributed by atoms with Gasteiger partial charge in [-0.15, -0.1) is 12.1 Å². The zero-order chi connectivity index (χ0) is 13.7. The van der Waals surface area contributed by atoms with Gasteiger partial charge in [-0.05, 0) is 0 Å². The first-order chi connectivity index (χ1) is 7.25. The minimum Gasteiger partial charge on any atom is -0.693 e. The Morgan fingerprint density at radius 1 is 0.727 bits per heavy atom. The monoisotopic (exact) mass is 301 g/mol. The molecule has 125 valence electrons. The van der Waals surface area contributed by atoms with Gasteiger partial charge < -0.3 is 22.4 Å². The van der Waals surface area contributed by atoms with E-state index in [2.05, 4.69) is 79.6 Å². The van der Waals surface area contributed by atoms with Gasteiger partial charge in [-0.2, -0.15) is 0 Å². The molecule has 0 aromatic heterocycles. The van der Waals surface area contributed by atoms with Gasteiger partial charge >= 0.3 is 37.7 Å². The SMILES string of the molecule is C.C.CC(C)NC(C)C.CC(C)[N-]C(C)C.[B].[B]N.[Li+].[Li+].[NH2-]. The normalized spacial score (nSPS) is 7.32. The number of hydrogen-bond acceptors (Lipinski definition) is 2. The Balaban J connectivity index is -0.0000000158. The smallest absolute Gasteiger partial charge is 0.693 e.